The molecule has 2 rings (SSSR count). The maximum absolute atomic E-state index is 11.1. The molecule has 0 bridgehead atoms. The highest BCUT2D eigenvalue weighted by molar-refractivity contribution is 5.71. The van der Waals surface area contributed by atoms with Crippen LogP contribution in [-0.2, 0) is 9.53 Å². The van der Waals surface area contributed by atoms with E-state index in [4.69, 9.17) is 9.84 Å². The van der Waals surface area contributed by atoms with Gasteiger partial charge in [-0.1, -0.05) is 0 Å². The minimum absolute atomic E-state index is 0.0315. The molecule has 3 atom stereocenters. The summed E-state index contributed by atoms with van der Waals surface area (Å²) in [5.41, 5.74) is 0. The number of nitrogens with zero attached hydrogens (tertiary/aromatic N) is 2. The van der Waals surface area contributed by atoms with Crippen molar-refractivity contribution in [1.82, 2.24) is 9.80 Å². The Kier molecular flexibility index (Phi) is 4.01. The van der Waals surface area contributed by atoms with E-state index >= 15 is 0 Å². The first-order valence-corrected chi connectivity index (χ1v) is 6.30. The van der Waals surface area contributed by atoms with Crippen molar-refractivity contribution in [3.05, 3.63) is 0 Å². The van der Waals surface area contributed by atoms with E-state index in [9.17, 15) is 4.79 Å². The zero-order valence-corrected chi connectivity index (χ0v) is 10.6. The molecule has 0 saturated carbocycles. The number of hydrogen-bond acceptors (Lipinski definition) is 4. The van der Waals surface area contributed by atoms with Gasteiger partial charge in [0.05, 0.1) is 19.1 Å². The minimum atomic E-state index is -0.733. The van der Waals surface area contributed by atoms with E-state index in [1.54, 1.807) is 0 Å². The predicted molar refractivity (Wildman–Crippen MR) is 64.0 cm³/mol. The molecule has 0 aromatic rings. The first kappa shape index (κ1) is 12.8. The molecule has 0 spiro atoms. The highest BCUT2D eigenvalue weighted by Gasteiger charge is 2.39. The van der Waals surface area contributed by atoms with Gasteiger partial charge in [-0.05, 0) is 33.5 Å². The van der Waals surface area contributed by atoms with E-state index < -0.39 is 5.97 Å². The van der Waals surface area contributed by atoms with Gasteiger partial charge in [0.1, 0.15) is 0 Å². The Balaban J connectivity index is 1.98. The molecular weight excluding hydrogens is 220 g/mol. The highest BCUT2D eigenvalue weighted by atomic mass is 16.5. The van der Waals surface area contributed by atoms with E-state index in [1.165, 1.54) is 6.42 Å². The number of piperidine rings is 1. The van der Waals surface area contributed by atoms with Crippen LogP contribution in [0, 0.1) is 5.92 Å². The van der Waals surface area contributed by atoms with Crippen LogP contribution < -0.4 is 0 Å². The fraction of sp³-hybridized carbons (Fsp3) is 0.917. The normalized spacial score (nSPS) is 35.4. The van der Waals surface area contributed by atoms with Crippen LogP contribution in [0.3, 0.4) is 0 Å². The van der Waals surface area contributed by atoms with Crippen molar-refractivity contribution in [3.63, 3.8) is 0 Å². The molecule has 0 radical (unpaired) electrons. The van der Waals surface area contributed by atoms with Gasteiger partial charge in [-0.25, -0.2) is 0 Å². The quantitative estimate of drug-likeness (QED) is 0.761. The highest BCUT2D eigenvalue weighted by Crippen LogP contribution is 2.24. The summed E-state index contributed by atoms with van der Waals surface area (Å²) in [7, 11) is 4.17. The number of ether oxygens (including phenoxy) is 1. The summed E-state index contributed by atoms with van der Waals surface area (Å²) < 4.78 is 5.33. The zero-order valence-electron chi connectivity index (χ0n) is 10.6. The van der Waals surface area contributed by atoms with Crippen LogP contribution in [-0.4, -0.2) is 73.4 Å². The molecule has 3 unspecified atom stereocenters. The third-order valence-electron chi connectivity index (χ3n) is 4.07. The maximum Gasteiger partial charge on any atom is 0.310 e. The van der Waals surface area contributed by atoms with Crippen LogP contribution >= 0.6 is 0 Å². The maximum atomic E-state index is 11.1. The SMILES string of the molecule is CN1CCCC(N(C)C2COCC2C(=O)O)C1. The van der Waals surface area contributed by atoms with E-state index in [0.29, 0.717) is 19.3 Å². The van der Waals surface area contributed by atoms with Gasteiger partial charge < -0.3 is 14.7 Å². The van der Waals surface area contributed by atoms with Gasteiger partial charge in [-0.3, -0.25) is 9.69 Å². The average molecular weight is 242 g/mol. The van der Waals surface area contributed by atoms with Crippen LogP contribution in [0.1, 0.15) is 12.8 Å². The number of aliphatic carboxylic acids is 1. The largest absolute Gasteiger partial charge is 0.481 e. The Morgan fingerprint density at radius 2 is 2.24 bits per heavy atom. The Labute approximate surface area is 102 Å². The summed E-state index contributed by atoms with van der Waals surface area (Å²) in [5.74, 6) is -1.10. The second kappa shape index (κ2) is 5.33. The molecule has 2 heterocycles. The van der Waals surface area contributed by atoms with E-state index in [0.717, 1.165) is 19.5 Å². The van der Waals surface area contributed by atoms with Crippen LogP contribution in [0.2, 0.25) is 0 Å². The van der Waals surface area contributed by atoms with Crippen molar-refractivity contribution in [3.8, 4) is 0 Å². The summed E-state index contributed by atoms with van der Waals surface area (Å²) in [6.45, 7) is 3.08. The van der Waals surface area contributed by atoms with E-state index in [2.05, 4.69) is 16.8 Å². The number of carboxylic acid groups (broad SMARTS) is 1. The van der Waals surface area contributed by atoms with Gasteiger partial charge in [0, 0.05) is 18.6 Å². The van der Waals surface area contributed by atoms with Gasteiger partial charge in [0.2, 0.25) is 0 Å². The number of rotatable bonds is 3. The topological polar surface area (TPSA) is 53.0 Å². The molecule has 2 saturated heterocycles. The Morgan fingerprint density at radius 1 is 1.47 bits per heavy atom. The fourth-order valence-corrected chi connectivity index (χ4v) is 2.92. The molecule has 0 aromatic heterocycles. The number of likely N-dealkylation sites (tertiary alicyclic amines) is 1. The lowest BCUT2D eigenvalue weighted by Gasteiger charge is -2.39. The number of carbonyl (C=O) groups is 1. The third kappa shape index (κ3) is 2.78. The molecule has 5 heteroatoms. The van der Waals surface area contributed by atoms with Gasteiger partial charge in [-0.2, -0.15) is 0 Å². The molecule has 2 aliphatic rings. The predicted octanol–water partition coefficient (Wildman–Crippen LogP) is 0.112. The summed E-state index contributed by atoms with van der Waals surface area (Å²) in [6, 6.07) is 0.492. The molecule has 5 nitrogen and oxygen atoms in total. The lowest BCUT2D eigenvalue weighted by atomic mass is 9.98. The van der Waals surface area contributed by atoms with Gasteiger partial charge >= 0.3 is 5.97 Å². The van der Waals surface area contributed by atoms with Crippen molar-refractivity contribution >= 4 is 5.97 Å². The summed E-state index contributed by atoms with van der Waals surface area (Å²) >= 11 is 0. The van der Waals surface area contributed by atoms with Gasteiger partial charge in [0.25, 0.3) is 0 Å². The third-order valence-corrected chi connectivity index (χ3v) is 4.07. The lowest BCUT2D eigenvalue weighted by molar-refractivity contribution is -0.143. The first-order chi connectivity index (χ1) is 8.09. The lowest BCUT2D eigenvalue weighted by Crippen LogP contribution is -2.52. The van der Waals surface area contributed by atoms with Crippen LogP contribution in [0.4, 0.5) is 0 Å². The first-order valence-electron chi connectivity index (χ1n) is 6.30. The molecule has 2 fully saturated rings. The van der Waals surface area contributed by atoms with Crippen LogP contribution in [0.5, 0.6) is 0 Å². The second-order valence-corrected chi connectivity index (χ2v) is 5.27. The second-order valence-electron chi connectivity index (χ2n) is 5.27. The summed E-state index contributed by atoms with van der Waals surface area (Å²) in [5, 5.41) is 9.17. The monoisotopic (exact) mass is 242 g/mol. The van der Waals surface area contributed by atoms with Gasteiger partial charge in [0.15, 0.2) is 0 Å². The van der Waals surface area contributed by atoms with Crippen LogP contribution in [0.15, 0.2) is 0 Å². The van der Waals surface area contributed by atoms with Crippen LogP contribution in [0.25, 0.3) is 0 Å². The van der Waals surface area contributed by atoms with E-state index in [1.807, 2.05) is 7.05 Å². The summed E-state index contributed by atoms with van der Waals surface area (Å²) in [4.78, 5) is 15.7. The number of carboxylic acids is 1. The van der Waals surface area contributed by atoms with Gasteiger partial charge in [-0.15, -0.1) is 0 Å². The molecule has 17 heavy (non-hydrogen) atoms. The summed E-state index contributed by atoms with van der Waals surface area (Å²) in [6.07, 6.45) is 2.35. The zero-order chi connectivity index (χ0) is 12.4. The molecule has 1 N–H and O–H groups in total. The van der Waals surface area contributed by atoms with Crippen molar-refractivity contribution in [2.24, 2.45) is 5.92 Å². The number of hydrogen-bond donors (Lipinski definition) is 1. The minimum Gasteiger partial charge on any atom is -0.481 e. The van der Waals surface area contributed by atoms with E-state index in [-0.39, 0.29) is 12.0 Å². The number of likely N-dealkylation sites (N-methyl/N-ethyl adjacent to an activating group) is 2. The van der Waals surface area contributed by atoms with Crippen molar-refractivity contribution in [2.45, 2.75) is 24.9 Å². The molecule has 98 valence electrons. The standard InChI is InChI=1S/C12H22N2O3/c1-13-5-3-4-9(6-13)14(2)11-8-17-7-10(11)12(15)16/h9-11H,3-8H2,1-2H3,(H,15,16). The molecular formula is C12H22N2O3. The molecule has 0 aromatic carbocycles. The van der Waals surface area contributed by atoms with Crippen molar-refractivity contribution in [1.29, 1.82) is 0 Å². The Morgan fingerprint density at radius 3 is 2.88 bits per heavy atom. The average Bonchev–Trinajstić information content (AvgIpc) is 2.77. The van der Waals surface area contributed by atoms with Crippen molar-refractivity contribution in [2.75, 3.05) is 40.4 Å². The molecule has 0 amide bonds. The fourth-order valence-electron chi connectivity index (χ4n) is 2.92. The van der Waals surface area contributed by atoms with Crippen molar-refractivity contribution < 1.29 is 14.6 Å². The Bertz CT molecular complexity index is 285. The smallest absolute Gasteiger partial charge is 0.310 e. The Hall–Kier alpha value is -0.650. The molecule has 0 aliphatic carbocycles. The molecule has 2 aliphatic heterocycles.